The smallest absolute Gasteiger partial charge is 0.267 e. The maximum absolute atomic E-state index is 11.5. The summed E-state index contributed by atoms with van der Waals surface area (Å²) in [6.45, 7) is 1.45. The predicted octanol–water partition coefficient (Wildman–Crippen LogP) is -0.398. The Kier molecular flexibility index (Phi) is 2.24. The lowest BCUT2D eigenvalue weighted by Gasteiger charge is -2.37. The van der Waals surface area contributed by atoms with Gasteiger partial charge in [0.05, 0.1) is 6.20 Å². The summed E-state index contributed by atoms with van der Waals surface area (Å²) in [6.07, 6.45) is 1.47. The van der Waals surface area contributed by atoms with Gasteiger partial charge in [-0.2, -0.15) is 0 Å². The largest absolute Gasteiger partial charge is 0.396 e. The van der Waals surface area contributed by atoms with Crippen LogP contribution in [0.15, 0.2) is 6.20 Å². The highest BCUT2D eigenvalue weighted by atomic mass is 32.1. The molecule has 0 radical (unpaired) electrons. The van der Waals surface area contributed by atoms with E-state index in [-0.39, 0.29) is 18.4 Å². The van der Waals surface area contributed by atoms with Gasteiger partial charge in [0.25, 0.3) is 5.91 Å². The monoisotopic (exact) mass is 199 g/mol. The molecule has 1 N–H and O–H groups in total. The highest BCUT2D eigenvalue weighted by Gasteiger charge is 2.31. The van der Waals surface area contributed by atoms with E-state index in [0.717, 1.165) is 11.5 Å². The zero-order valence-electron chi connectivity index (χ0n) is 6.88. The van der Waals surface area contributed by atoms with Crippen LogP contribution in [0.2, 0.25) is 0 Å². The standard InChI is InChI=1S/C7H9N3O2S/c11-4-5-2-10(3-5)7(12)6-1-8-9-13-6/h1,5,11H,2-4H2. The molecular formula is C7H9N3O2S. The van der Waals surface area contributed by atoms with E-state index in [2.05, 4.69) is 9.59 Å². The number of hydrogen-bond acceptors (Lipinski definition) is 5. The van der Waals surface area contributed by atoms with Crippen molar-refractivity contribution in [1.29, 1.82) is 0 Å². The maximum Gasteiger partial charge on any atom is 0.267 e. The summed E-state index contributed by atoms with van der Waals surface area (Å²) in [6, 6.07) is 0. The van der Waals surface area contributed by atoms with Gasteiger partial charge in [-0.15, -0.1) is 5.10 Å². The van der Waals surface area contributed by atoms with E-state index in [9.17, 15) is 4.79 Å². The maximum atomic E-state index is 11.5. The van der Waals surface area contributed by atoms with Crippen LogP contribution in [-0.4, -0.2) is 45.2 Å². The highest BCUT2D eigenvalue weighted by molar-refractivity contribution is 7.07. The number of carbonyl (C=O) groups is 1. The fourth-order valence-electron chi connectivity index (χ4n) is 1.27. The Hall–Kier alpha value is -1.01. The number of nitrogens with zero attached hydrogens (tertiary/aromatic N) is 3. The van der Waals surface area contributed by atoms with Crippen LogP contribution in [-0.2, 0) is 0 Å². The van der Waals surface area contributed by atoms with Crippen LogP contribution in [0.25, 0.3) is 0 Å². The molecule has 1 aromatic rings. The quantitative estimate of drug-likeness (QED) is 0.704. The molecule has 1 saturated heterocycles. The summed E-state index contributed by atoms with van der Waals surface area (Å²) >= 11 is 1.10. The van der Waals surface area contributed by atoms with E-state index in [4.69, 9.17) is 5.11 Å². The molecule has 5 nitrogen and oxygen atoms in total. The average molecular weight is 199 g/mol. The number of aliphatic hydroxyl groups excluding tert-OH is 1. The van der Waals surface area contributed by atoms with Crippen LogP contribution < -0.4 is 0 Å². The van der Waals surface area contributed by atoms with Crippen molar-refractivity contribution >= 4 is 17.4 Å². The molecule has 0 aromatic carbocycles. The molecule has 0 aliphatic carbocycles. The first kappa shape index (κ1) is 8.58. The third kappa shape index (κ3) is 1.54. The number of hydrogen-bond donors (Lipinski definition) is 1. The molecule has 0 saturated carbocycles. The van der Waals surface area contributed by atoms with Crippen LogP contribution in [0.4, 0.5) is 0 Å². The van der Waals surface area contributed by atoms with E-state index in [1.807, 2.05) is 0 Å². The Labute approximate surface area is 79.2 Å². The molecule has 0 spiro atoms. The number of rotatable bonds is 2. The summed E-state index contributed by atoms with van der Waals surface area (Å²) in [7, 11) is 0. The molecule has 1 fully saturated rings. The minimum absolute atomic E-state index is 0.0281. The number of likely N-dealkylation sites (tertiary alicyclic amines) is 1. The first-order chi connectivity index (χ1) is 6.31. The fraction of sp³-hybridized carbons (Fsp3) is 0.571. The van der Waals surface area contributed by atoms with E-state index < -0.39 is 0 Å². The first-order valence-corrected chi connectivity index (χ1v) is 4.76. The van der Waals surface area contributed by atoms with E-state index in [1.165, 1.54) is 6.20 Å². The molecule has 1 amide bonds. The molecular weight excluding hydrogens is 190 g/mol. The summed E-state index contributed by atoms with van der Waals surface area (Å²) in [5, 5.41) is 12.4. The normalized spacial score (nSPS) is 17.2. The Morgan fingerprint density at radius 1 is 1.77 bits per heavy atom. The van der Waals surface area contributed by atoms with Crippen LogP contribution in [0, 0.1) is 5.92 Å². The second-order valence-corrected chi connectivity index (χ2v) is 3.83. The zero-order chi connectivity index (χ0) is 9.26. The Morgan fingerprint density at radius 2 is 2.54 bits per heavy atom. The van der Waals surface area contributed by atoms with Crippen molar-refractivity contribution in [2.45, 2.75) is 0 Å². The lowest BCUT2D eigenvalue weighted by Crippen LogP contribution is -2.51. The van der Waals surface area contributed by atoms with Gasteiger partial charge in [0.1, 0.15) is 4.88 Å². The minimum Gasteiger partial charge on any atom is -0.396 e. The fourth-order valence-corrected chi connectivity index (χ4v) is 1.75. The highest BCUT2D eigenvalue weighted by Crippen LogP contribution is 2.18. The molecule has 13 heavy (non-hydrogen) atoms. The lowest BCUT2D eigenvalue weighted by molar-refractivity contribution is 0.0366. The Balaban J connectivity index is 1.94. The van der Waals surface area contributed by atoms with Gasteiger partial charge in [-0.25, -0.2) is 0 Å². The second-order valence-electron chi connectivity index (χ2n) is 3.04. The topological polar surface area (TPSA) is 66.3 Å². The van der Waals surface area contributed by atoms with Crippen molar-refractivity contribution in [3.8, 4) is 0 Å². The van der Waals surface area contributed by atoms with Crippen LogP contribution in [0.3, 0.4) is 0 Å². The van der Waals surface area contributed by atoms with Crippen molar-refractivity contribution in [1.82, 2.24) is 14.5 Å². The van der Waals surface area contributed by atoms with Gasteiger partial charge < -0.3 is 10.0 Å². The molecule has 70 valence electrons. The van der Waals surface area contributed by atoms with Crippen LogP contribution in [0.1, 0.15) is 9.67 Å². The van der Waals surface area contributed by atoms with Crippen LogP contribution >= 0.6 is 11.5 Å². The second kappa shape index (κ2) is 3.39. The number of amides is 1. The Bertz CT molecular complexity index is 295. The molecule has 0 unspecified atom stereocenters. The van der Waals surface area contributed by atoms with Gasteiger partial charge in [0.2, 0.25) is 0 Å². The van der Waals surface area contributed by atoms with Crippen molar-refractivity contribution in [3.05, 3.63) is 11.1 Å². The first-order valence-electron chi connectivity index (χ1n) is 3.98. The minimum atomic E-state index is -0.0281. The van der Waals surface area contributed by atoms with Crippen molar-refractivity contribution < 1.29 is 9.90 Å². The predicted molar refractivity (Wildman–Crippen MR) is 46.4 cm³/mol. The molecule has 1 aliphatic rings. The molecule has 2 rings (SSSR count). The number of aromatic nitrogens is 2. The van der Waals surface area contributed by atoms with Crippen molar-refractivity contribution in [2.75, 3.05) is 19.7 Å². The molecule has 1 aliphatic heterocycles. The average Bonchev–Trinajstić information content (AvgIpc) is 2.53. The van der Waals surface area contributed by atoms with Gasteiger partial charge in [-0.05, 0) is 11.5 Å². The van der Waals surface area contributed by atoms with Crippen LogP contribution in [0.5, 0.6) is 0 Å². The Morgan fingerprint density at radius 3 is 3.08 bits per heavy atom. The van der Waals surface area contributed by atoms with E-state index >= 15 is 0 Å². The van der Waals surface area contributed by atoms with Gasteiger partial charge in [-0.3, -0.25) is 4.79 Å². The van der Waals surface area contributed by atoms with Crippen molar-refractivity contribution in [3.63, 3.8) is 0 Å². The summed E-state index contributed by atoms with van der Waals surface area (Å²) < 4.78 is 3.62. The molecule has 2 heterocycles. The molecule has 0 bridgehead atoms. The third-order valence-corrected chi connectivity index (χ3v) is 2.73. The third-order valence-electron chi connectivity index (χ3n) is 2.07. The molecule has 1 aromatic heterocycles. The summed E-state index contributed by atoms with van der Waals surface area (Å²) in [5.41, 5.74) is 0. The number of aliphatic hydroxyl groups is 1. The lowest BCUT2D eigenvalue weighted by atomic mass is 10.0. The van der Waals surface area contributed by atoms with Crippen molar-refractivity contribution in [2.24, 2.45) is 5.92 Å². The molecule has 6 heteroatoms. The van der Waals surface area contributed by atoms with Gasteiger partial charge in [0, 0.05) is 25.6 Å². The van der Waals surface area contributed by atoms with E-state index in [0.29, 0.717) is 18.0 Å². The number of carbonyl (C=O) groups excluding carboxylic acids is 1. The summed E-state index contributed by atoms with van der Waals surface area (Å²) in [5.74, 6) is 0.226. The zero-order valence-corrected chi connectivity index (χ0v) is 7.70. The van der Waals surface area contributed by atoms with Gasteiger partial charge in [0.15, 0.2) is 0 Å². The van der Waals surface area contributed by atoms with Gasteiger partial charge >= 0.3 is 0 Å². The molecule has 0 atom stereocenters. The van der Waals surface area contributed by atoms with Gasteiger partial charge in [-0.1, -0.05) is 4.49 Å². The van der Waals surface area contributed by atoms with E-state index in [1.54, 1.807) is 4.90 Å². The summed E-state index contributed by atoms with van der Waals surface area (Å²) in [4.78, 5) is 13.8. The SMILES string of the molecule is O=C(c1cnns1)N1CC(CO)C1.